The molecule has 0 aliphatic heterocycles. The maximum absolute atomic E-state index is 3.84. The summed E-state index contributed by atoms with van der Waals surface area (Å²) in [5.41, 5.74) is 9.56. The first kappa shape index (κ1) is 24.1. The Balaban J connectivity index is 1.68. The molecule has 1 aliphatic carbocycles. The van der Waals surface area contributed by atoms with Gasteiger partial charge >= 0.3 is 0 Å². The topological polar surface area (TPSA) is 15.3 Å². The highest BCUT2D eigenvalue weighted by Crippen LogP contribution is 2.27. The Hall–Kier alpha value is -2.58. The zero-order valence-electron chi connectivity index (χ0n) is 20.8. The summed E-state index contributed by atoms with van der Waals surface area (Å²) in [4.78, 5) is 2.57. The molecule has 0 bridgehead atoms. The largest absolute Gasteiger partial charge is 0.370 e. The Morgan fingerprint density at radius 3 is 2.28 bits per heavy atom. The first-order valence-electron chi connectivity index (χ1n) is 12.0. The Morgan fingerprint density at radius 2 is 1.62 bits per heavy atom. The summed E-state index contributed by atoms with van der Waals surface area (Å²) in [6.45, 7) is 16.5. The lowest BCUT2D eigenvalue weighted by Crippen LogP contribution is -2.42. The van der Waals surface area contributed by atoms with Crippen molar-refractivity contribution in [3.05, 3.63) is 94.1 Å². The van der Waals surface area contributed by atoms with Crippen LogP contribution in [0.5, 0.6) is 0 Å². The number of nitrogens with zero attached hydrogens (tertiary/aromatic N) is 1. The molecule has 0 aromatic heterocycles. The third-order valence-corrected chi connectivity index (χ3v) is 6.37. The van der Waals surface area contributed by atoms with Crippen LogP contribution >= 0.6 is 0 Å². The second-order valence-corrected chi connectivity index (χ2v) is 9.43. The molecule has 0 saturated carbocycles. The number of benzene rings is 2. The molecule has 2 unspecified atom stereocenters. The van der Waals surface area contributed by atoms with Crippen LogP contribution in [0.1, 0.15) is 49.4 Å². The van der Waals surface area contributed by atoms with E-state index in [1.165, 1.54) is 39.1 Å². The average Bonchev–Trinajstić information content (AvgIpc) is 2.72. The van der Waals surface area contributed by atoms with Gasteiger partial charge in [-0.25, -0.2) is 0 Å². The lowest BCUT2D eigenvalue weighted by molar-refractivity contribution is 0.474. The van der Waals surface area contributed by atoms with Crippen LogP contribution in [0, 0.1) is 26.7 Å². The molecule has 0 amide bonds. The van der Waals surface area contributed by atoms with Gasteiger partial charge in [-0.05, 0) is 63.6 Å². The van der Waals surface area contributed by atoms with Crippen LogP contribution in [0.15, 0.2) is 71.8 Å². The highest BCUT2D eigenvalue weighted by molar-refractivity contribution is 5.60. The van der Waals surface area contributed by atoms with E-state index in [1.807, 2.05) is 0 Å². The van der Waals surface area contributed by atoms with Crippen molar-refractivity contribution < 1.29 is 0 Å². The quantitative estimate of drug-likeness (QED) is 0.461. The molecular weight excluding hydrogens is 388 g/mol. The van der Waals surface area contributed by atoms with Crippen molar-refractivity contribution in [3.8, 4) is 0 Å². The Morgan fingerprint density at radius 1 is 0.938 bits per heavy atom. The van der Waals surface area contributed by atoms with Crippen LogP contribution in [-0.2, 0) is 0 Å². The Bertz CT molecular complexity index is 958. The van der Waals surface area contributed by atoms with Gasteiger partial charge < -0.3 is 10.2 Å². The molecular formula is C30H40N2. The molecule has 2 nitrogen and oxygen atoms in total. The molecule has 2 atom stereocenters. The third-order valence-electron chi connectivity index (χ3n) is 6.37. The van der Waals surface area contributed by atoms with Gasteiger partial charge in [-0.2, -0.15) is 0 Å². The minimum absolute atomic E-state index is 0.429. The number of allylic oxidation sites excluding steroid dienone is 2. The number of aryl methyl sites for hydroxylation is 3. The molecule has 2 aromatic rings. The van der Waals surface area contributed by atoms with E-state index in [9.17, 15) is 0 Å². The summed E-state index contributed by atoms with van der Waals surface area (Å²) in [6.07, 6.45) is 10.3. The van der Waals surface area contributed by atoms with Crippen LogP contribution in [0.2, 0.25) is 0 Å². The zero-order valence-corrected chi connectivity index (χ0v) is 20.8. The van der Waals surface area contributed by atoms with Crippen LogP contribution in [-0.4, -0.2) is 25.7 Å². The molecule has 170 valence electrons. The lowest BCUT2D eigenvalue weighted by atomic mass is 9.88. The average molecular weight is 429 g/mol. The smallest absolute Gasteiger partial charge is 0.0426 e. The van der Waals surface area contributed by atoms with Gasteiger partial charge in [0.2, 0.25) is 0 Å². The third kappa shape index (κ3) is 6.46. The monoisotopic (exact) mass is 428 g/mol. The van der Waals surface area contributed by atoms with E-state index in [4.69, 9.17) is 0 Å². The van der Waals surface area contributed by atoms with Crippen molar-refractivity contribution in [3.63, 3.8) is 0 Å². The van der Waals surface area contributed by atoms with Gasteiger partial charge in [0.1, 0.15) is 0 Å². The number of anilines is 1. The van der Waals surface area contributed by atoms with Gasteiger partial charge in [0.25, 0.3) is 0 Å². The Labute approximate surface area is 195 Å². The fourth-order valence-electron chi connectivity index (χ4n) is 5.15. The van der Waals surface area contributed by atoms with Gasteiger partial charge in [0.05, 0.1) is 0 Å². The van der Waals surface area contributed by atoms with Gasteiger partial charge in [-0.3, -0.25) is 0 Å². The molecule has 2 aromatic carbocycles. The molecule has 0 heterocycles. The first-order chi connectivity index (χ1) is 15.3. The molecule has 3 rings (SSSR count). The van der Waals surface area contributed by atoms with Crippen LogP contribution in [0.4, 0.5) is 5.69 Å². The van der Waals surface area contributed by atoms with Gasteiger partial charge in [-0.1, -0.05) is 90.4 Å². The van der Waals surface area contributed by atoms with Crippen molar-refractivity contribution in [2.45, 2.75) is 54.0 Å². The summed E-state index contributed by atoms with van der Waals surface area (Å²) in [5, 5.41) is 3.84. The summed E-state index contributed by atoms with van der Waals surface area (Å²) in [5.74, 6) is 0.533. The highest BCUT2D eigenvalue weighted by atomic mass is 15.1. The molecule has 0 radical (unpaired) electrons. The highest BCUT2D eigenvalue weighted by Gasteiger charge is 2.20. The fraction of sp³-hybridized carbons (Fsp3) is 0.400. The summed E-state index contributed by atoms with van der Waals surface area (Å²) in [6, 6.07) is 15.6. The number of rotatable bonds is 9. The number of nitrogens with one attached hydrogen (secondary N) is 1. The van der Waals surface area contributed by atoms with E-state index in [1.54, 1.807) is 0 Å². The lowest BCUT2D eigenvalue weighted by Gasteiger charge is -2.32. The SMILES string of the molecule is CC1=CC(C)C(NCCN(CC/C=C/c2ccccc2)c2c(C)cc(C)cc2C)C(C)=C1. The molecule has 1 aliphatic rings. The molecule has 1 N–H and O–H groups in total. The molecule has 2 heteroatoms. The van der Waals surface area contributed by atoms with Gasteiger partial charge in [0.15, 0.2) is 0 Å². The van der Waals surface area contributed by atoms with Crippen LogP contribution < -0.4 is 10.2 Å². The number of hydrogen-bond donors (Lipinski definition) is 1. The van der Waals surface area contributed by atoms with E-state index in [-0.39, 0.29) is 0 Å². The van der Waals surface area contributed by atoms with Gasteiger partial charge in [-0.15, -0.1) is 0 Å². The van der Waals surface area contributed by atoms with E-state index in [0.717, 1.165) is 26.1 Å². The molecule has 0 saturated heterocycles. The second-order valence-electron chi connectivity index (χ2n) is 9.43. The van der Waals surface area contributed by atoms with Crippen LogP contribution in [0.3, 0.4) is 0 Å². The van der Waals surface area contributed by atoms with E-state index >= 15 is 0 Å². The zero-order chi connectivity index (χ0) is 23.1. The first-order valence-corrected chi connectivity index (χ1v) is 12.0. The number of hydrogen-bond acceptors (Lipinski definition) is 2. The normalized spacial score (nSPS) is 18.6. The fourth-order valence-corrected chi connectivity index (χ4v) is 5.15. The predicted molar refractivity (Wildman–Crippen MR) is 141 cm³/mol. The van der Waals surface area contributed by atoms with Crippen molar-refractivity contribution in [2.24, 2.45) is 5.92 Å². The van der Waals surface area contributed by atoms with Crippen molar-refractivity contribution >= 4 is 11.8 Å². The minimum Gasteiger partial charge on any atom is -0.370 e. The molecule has 32 heavy (non-hydrogen) atoms. The van der Waals surface area contributed by atoms with Crippen molar-refractivity contribution in [1.82, 2.24) is 5.32 Å². The predicted octanol–water partition coefficient (Wildman–Crippen LogP) is 7.02. The molecule has 0 fully saturated rings. The van der Waals surface area contributed by atoms with E-state index < -0.39 is 0 Å². The maximum Gasteiger partial charge on any atom is 0.0426 e. The maximum atomic E-state index is 3.84. The molecule has 0 spiro atoms. The standard InChI is InChI=1S/C30H40N2/c1-22-18-24(3)29(25(4)19-22)31-15-17-32(30-26(5)20-23(2)21-27(30)6)16-11-10-14-28-12-8-7-9-13-28/h7-10,12-14,18-21,24,29,31H,11,15-17H2,1-6H3/b14-10+. The van der Waals surface area contributed by atoms with E-state index in [2.05, 4.69) is 119 Å². The summed E-state index contributed by atoms with van der Waals surface area (Å²) >= 11 is 0. The summed E-state index contributed by atoms with van der Waals surface area (Å²) < 4.78 is 0. The second kappa shape index (κ2) is 11.3. The Kier molecular flexibility index (Phi) is 8.53. The van der Waals surface area contributed by atoms with E-state index in [0.29, 0.717) is 12.0 Å². The van der Waals surface area contributed by atoms with Crippen molar-refractivity contribution in [1.29, 1.82) is 0 Å². The minimum atomic E-state index is 0.429. The van der Waals surface area contributed by atoms with Crippen molar-refractivity contribution in [2.75, 3.05) is 24.5 Å². The summed E-state index contributed by atoms with van der Waals surface area (Å²) in [7, 11) is 0. The van der Waals surface area contributed by atoms with Crippen LogP contribution in [0.25, 0.3) is 6.08 Å². The van der Waals surface area contributed by atoms with Gasteiger partial charge in [0, 0.05) is 31.4 Å².